The van der Waals surface area contributed by atoms with E-state index < -0.39 is 0 Å². The van der Waals surface area contributed by atoms with Gasteiger partial charge in [-0.25, -0.2) is 15.0 Å². The predicted octanol–water partition coefficient (Wildman–Crippen LogP) is 13.8. The summed E-state index contributed by atoms with van der Waals surface area (Å²) in [7, 11) is 0. The van der Waals surface area contributed by atoms with Crippen LogP contribution < -0.4 is 0 Å². The average Bonchev–Trinajstić information content (AvgIpc) is 3.29. The zero-order chi connectivity index (χ0) is 37.3. The molecule has 0 N–H and O–H groups in total. The lowest BCUT2D eigenvalue weighted by molar-refractivity contribution is 1.07. The second kappa shape index (κ2) is 14.4. The van der Waals surface area contributed by atoms with Gasteiger partial charge in [-0.1, -0.05) is 188 Å². The second-order valence-corrected chi connectivity index (χ2v) is 14.0. The molecule has 0 atom stereocenters. The van der Waals surface area contributed by atoms with Gasteiger partial charge in [-0.05, 0) is 90.3 Å². The van der Waals surface area contributed by atoms with Crippen LogP contribution in [0.4, 0.5) is 0 Å². The Morgan fingerprint density at radius 1 is 0.214 bits per heavy atom. The Morgan fingerprint density at radius 3 is 1.30 bits per heavy atom. The number of nitrogens with zero attached hydrogens (tertiary/aromatic N) is 3. The molecule has 0 aliphatic heterocycles. The van der Waals surface area contributed by atoms with Gasteiger partial charge in [-0.15, -0.1) is 0 Å². The molecule has 3 heteroatoms. The summed E-state index contributed by atoms with van der Waals surface area (Å²) >= 11 is 0. The van der Waals surface area contributed by atoms with Gasteiger partial charge in [0.25, 0.3) is 0 Å². The molecule has 0 spiro atoms. The van der Waals surface area contributed by atoms with Crippen molar-refractivity contribution in [1.29, 1.82) is 0 Å². The van der Waals surface area contributed by atoms with E-state index in [1.54, 1.807) is 0 Å². The molecule has 0 fully saturated rings. The van der Waals surface area contributed by atoms with Gasteiger partial charge >= 0.3 is 0 Å². The SMILES string of the molecule is c1ccc(-c2cccc(-c3cc(-c4nc(-c5ccccc5)nc(-c5cccc(-c6ccc(-c7ccccc7)c7ccccc67)c5)n4)cc4ccccc34)c2)cc1. The molecule has 56 heavy (non-hydrogen) atoms. The second-order valence-electron chi connectivity index (χ2n) is 14.0. The fourth-order valence-electron chi connectivity index (χ4n) is 7.77. The highest BCUT2D eigenvalue weighted by molar-refractivity contribution is 6.05. The van der Waals surface area contributed by atoms with E-state index in [1.807, 2.05) is 18.2 Å². The zero-order valence-electron chi connectivity index (χ0n) is 30.5. The van der Waals surface area contributed by atoms with Crippen LogP contribution in [0.1, 0.15) is 0 Å². The van der Waals surface area contributed by atoms with Crippen LogP contribution in [-0.4, -0.2) is 15.0 Å². The summed E-state index contributed by atoms with van der Waals surface area (Å²) in [5.74, 6) is 1.89. The first-order chi connectivity index (χ1) is 27.7. The number of aromatic nitrogens is 3. The van der Waals surface area contributed by atoms with Crippen LogP contribution >= 0.6 is 0 Å². The van der Waals surface area contributed by atoms with E-state index in [2.05, 4.69) is 194 Å². The van der Waals surface area contributed by atoms with Gasteiger partial charge in [0.15, 0.2) is 17.5 Å². The van der Waals surface area contributed by atoms with Crippen molar-refractivity contribution >= 4 is 21.5 Å². The Balaban J connectivity index is 1.13. The monoisotopic (exact) mass is 713 g/mol. The van der Waals surface area contributed by atoms with Crippen LogP contribution in [-0.2, 0) is 0 Å². The van der Waals surface area contributed by atoms with Gasteiger partial charge in [-0.3, -0.25) is 0 Å². The number of rotatable bonds is 7. The molecule has 10 rings (SSSR count). The van der Waals surface area contributed by atoms with Gasteiger partial charge in [0.1, 0.15) is 0 Å². The lowest BCUT2D eigenvalue weighted by Gasteiger charge is -2.14. The molecular weight excluding hydrogens is 679 g/mol. The molecule has 1 heterocycles. The molecule has 0 saturated heterocycles. The minimum Gasteiger partial charge on any atom is -0.208 e. The van der Waals surface area contributed by atoms with Crippen molar-refractivity contribution in [1.82, 2.24) is 15.0 Å². The van der Waals surface area contributed by atoms with Crippen molar-refractivity contribution in [2.24, 2.45) is 0 Å². The van der Waals surface area contributed by atoms with Crippen LogP contribution in [0.25, 0.3) is 100 Å². The maximum Gasteiger partial charge on any atom is 0.164 e. The van der Waals surface area contributed by atoms with Gasteiger partial charge in [0, 0.05) is 16.7 Å². The summed E-state index contributed by atoms with van der Waals surface area (Å²) in [5, 5.41) is 4.72. The predicted molar refractivity (Wildman–Crippen MR) is 233 cm³/mol. The summed E-state index contributed by atoms with van der Waals surface area (Å²) in [6, 6.07) is 74.8. The van der Waals surface area contributed by atoms with E-state index in [4.69, 9.17) is 15.0 Å². The smallest absolute Gasteiger partial charge is 0.164 e. The Hall–Kier alpha value is -7.49. The Bertz CT molecular complexity index is 3010. The zero-order valence-corrected chi connectivity index (χ0v) is 30.5. The summed E-state index contributed by atoms with van der Waals surface area (Å²) in [6.07, 6.45) is 0. The van der Waals surface area contributed by atoms with Crippen molar-refractivity contribution < 1.29 is 0 Å². The normalized spacial score (nSPS) is 11.2. The van der Waals surface area contributed by atoms with E-state index in [1.165, 1.54) is 38.4 Å². The van der Waals surface area contributed by atoms with E-state index in [-0.39, 0.29) is 0 Å². The molecule has 9 aromatic carbocycles. The first kappa shape index (κ1) is 33.1. The lowest BCUT2D eigenvalue weighted by atomic mass is 9.91. The van der Waals surface area contributed by atoms with Crippen LogP contribution in [0.5, 0.6) is 0 Å². The number of fused-ring (bicyclic) bond motifs is 2. The minimum absolute atomic E-state index is 0.627. The summed E-state index contributed by atoms with van der Waals surface area (Å²) in [6.45, 7) is 0. The summed E-state index contributed by atoms with van der Waals surface area (Å²) in [4.78, 5) is 15.5. The third-order valence-electron chi connectivity index (χ3n) is 10.5. The van der Waals surface area contributed by atoms with E-state index in [0.29, 0.717) is 17.5 Å². The topological polar surface area (TPSA) is 38.7 Å². The third kappa shape index (κ3) is 6.31. The standard InChI is InChI=1S/C53H35N3/c1-4-16-36(17-5-1)39-23-14-25-42(32-39)50-35-44(34-40-22-10-11-27-45(40)50)53-55-51(38-20-8-3-9-21-38)54-52(56-53)43-26-15-24-41(33-43)47-31-30-46(37-18-6-2-7-19-37)48-28-12-13-29-49(47)48/h1-35H. The molecular formula is C53H35N3. The average molecular weight is 714 g/mol. The maximum absolute atomic E-state index is 5.23. The van der Waals surface area contributed by atoms with Gasteiger partial charge in [0.05, 0.1) is 0 Å². The molecule has 0 radical (unpaired) electrons. The van der Waals surface area contributed by atoms with Crippen LogP contribution in [0.15, 0.2) is 212 Å². The fraction of sp³-hybridized carbons (Fsp3) is 0. The molecule has 1 aromatic heterocycles. The number of hydrogen-bond acceptors (Lipinski definition) is 3. The summed E-state index contributed by atoms with van der Waals surface area (Å²) in [5.41, 5.74) is 12.1. The lowest BCUT2D eigenvalue weighted by Crippen LogP contribution is -2.00. The van der Waals surface area contributed by atoms with Crippen molar-refractivity contribution in [3.63, 3.8) is 0 Å². The van der Waals surface area contributed by atoms with Crippen molar-refractivity contribution in [3.8, 4) is 78.7 Å². The fourth-order valence-corrected chi connectivity index (χ4v) is 7.77. The Labute approximate surface area is 326 Å². The highest BCUT2D eigenvalue weighted by atomic mass is 15.0. The summed E-state index contributed by atoms with van der Waals surface area (Å²) < 4.78 is 0. The maximum atomic E-state index is 5.23. The van der Waals surface area contributed by atoms with Crippen molar-refractivity contribution in [3.05, 3.63) is 212 Å². The van der Waals surface area contributed by atoms with Crippen LogP contribution in [0, 0.1) is 0 Å². The minimum atomic E-state index is 0.627. The molecule has 0 aliphatic rings. The van der Waals surface area contributed by atoms with E-state index >= 15 is 0 Å². The molecule has 0 saturated carbocycles. The third-order valence-corrected chi connectivity index (χ3v) is 10.5. The molecule has 0 aliphatic carbocycles. The molecule has 0 amide bonds. The highest BCUT2D eigenvalue weighted by Crippen LogP contribution is 2.38. The largest absolute Gasteiger partial charge is 0.208 e. The quantitative estimate of drug-likeness (QED) is 0.165. The Kier molecular flexibility index (Phi) is 8.51. The molecule has 10 aromatic rings. The number of benzene rings is 9. The molecule has 0 bridgehead atoms. The van der Waals surface area contributed by atoms with Gasteiger partial charge < -0.3 is 0 Å². The van der Waals surface area contributed by atoms with Crippen molar-refractivity contribution in [2.75, 3.05) is 0 Å². The van der Waals surface area contributed by atoms with Crippen LogP contribution in [0.2, 0.25) is 0 Å². The van der Waals surface area contributed by atoms with E-state index in [0.717, 1.165) is 44.3 Å². The first-order valence-corrected chi connectivity index (χ1v) is 18.9. The first-order valence-electron chi connectivity index (χ1n) is 18.9. The van der Waals surface area contributed by atoms with Gasteiger partial charge in [-0.2, -0.15) is 0 Å². The molecule has 0 unspecified atom stereocenters. The van der Waals surface area contributed by atoms with Gasteiger partial charge in [0.2, 0.25) is 0 Å². The van der Waals surface area contributed by atoms with Crippen molar-refractivity contribution in [2.45, 2.75) is 0 Å². The van der Waals surface area contributed by atoms with Crippen LogP contribution in [0.3, 0.4) is 0 Å². The van der Waals surface area contributed by atoms with E-state index in [9.17, 15) is 0 Å². The molecule has 3 nitrogen and oxygen atoms in total. The molecule has 262 valence electrons. The number of hydrogen-bond donors (Lipinski definition) is 0. The Morgan fingerprint density at radius 2 is 0.643 bits per heavy atom. The highest BCUT2D eigenvalue weighted by Gasteiger charge is 2.17.